The average Bonchev–Trinajstić information content (AvgIpc) is 3.34. The van der Waals surface area contributed by atoms with Gasteiger partial charge in [0.25, 0.3) is 5.91 Å². The molecule has 3 aromatic rings. The zero-order valence-corrected chi connectivity index (χ0v) is 26.1. The molecule has 2 heterocycles. The number of aromatic nitrogens is 2. The summed E-state index contributed by atoms with van der Waals surface area (Å²) < 4.78 is 79.5. The van der Waals surface area contributed by atoms with Crippen LogP contribution in [0.15, 0.2) is 42.6 Å². The Morgan fingerprint density at radius 2 is 1.87 bits per heavy atom. The first-order valence-corrected chi connectivity index (χ1v) is 16.2. The maximum Gasteiger partial charge on any atom is 0.421 e. The largest absolute Gasteiger partial charge is 0.495 e. The van der Waals surface area contributed by atoms with Crippen LogP contribution in [0.4, 0.5) is 30.6 Å². The van der Waals surface area contributed by atoms with Crippen LogP contribution in [0.5, 0.6) is 5.75 Å². The molecule has 1 fully saturated rings. The highest BCUT2D eigenvalue weighted by molar-refractivity contribution is 7.88. The highest BCUT2D eigenvalue weighted by Crippen LogP contribution is 2.41. The van der Waals surface area contributed by atoms with Gasteiger partial charge in [0.15, 0.2) is 0 Å². The quantitative estimate of drug-likeness (QED) is 0.308. The lowest BCUT2D eigenvalue weighted by molar-refractivity contribution is -0.137. The van der Waals surface area contributed by atoms with Crippen LogP contribution in [0.2, 0.25) is 0 Å². The number of alkyl halides is 3. The summed E-state index contributed by atoms with van der Waals surface area (Å²) in [6.07, 6.45) is -1.45. The number of fused-ring (bicyclic) bond motifs is 1. The van der Waals surface area contributed by atoms with E-state index in [0.29, 0.717) is 54.7 Å². The first-order valence-electron chi connectivity index (χ1n) is 14.3. The van der Waals surface area contributed by atoms with Crippen molar-refractivity contribution in [3.8, 4) is 5.75 Å². The van der Waals surface area contributed by atoms with E-state index in [1.807, 2.05) is 6.07 Å². The van der Waals surface area contributed by atoms with E-state index in [1.165, 1.54) is 14.2 Å². The highest BCUT2D eigenvalue weighted by Gasteiger charge is 2.41. The summed E-state index contributed by atoms with van der Waals surface area (Å²) in [6, 6.07) is 8.73. The molecule has 0 unspecified atom stereocenters. The molecule has 1 aromatic heterocycles. The molecular weight excluding hydrogens is 613 g/mol. The third-order valence-electron chi connectivity index (χ3n) is 8.12. The normalized spacial score (nSPS) is 18.8. The second-order valence-corrected chi connectivity index (χ2v) is 13.2. The minimum Gasteiger partial charge on any atom is -0.495 e. The molecule has 0 saturated carbocycles. The molecule has 3 N–H and O–H groups in total. The lowest BCUT2D eigenvalue weighted by Crippen LogP contribution is -2.39. The number of methoxy groups -OCH3 is 1. The van der Waals surface area contributed by atoms with Crippen molar-refractivity contribution in [2.75, 3.05) is 44.3 Å². The number of halogens is 3. The molecule has 5 rings (SSSR count). The molecule has 1 aliphatic heterocycles. The second kappa shape index (κ2) is 12.8. The molecule has 45 heavy (non-hydrogen) atoms. The Balaban J connectivity index is 1.47. The summed E-state index contributed by atoms with van der Waals surface area (Å²) in [4.78, 5) is 21.3. The minimum atomic E-state index is -4.80. The van der Waals surface area contributed by atoms with Crippen LogP contribution in [0, 0.1) is 6.92 Å². The van der Waals surface area contributed by atoms with Crippen molar-refractivity contribution in [1.82, 2.24) is 19.6 Å². The van der Waals surface area contributed by atoms with Crippen molar-refractivity contribution in [2.24, 2.45) is 0 Å². The smallest absolute Gasteiger partial charge is 0.421 e. The number of hydrogen-bond donors (Lipinski definition) is 3. The number of carbonyl (C=O) groups is 1. The number of benzene rings is 2. The zero-order valence-electron chi connectivity index (χ0n) is 25.2. The number of nitrogens with one attached hydrogen (secondary N) is 3. The average molecular weight is 649 g/mol. The Morgan fingerprint density at radius 1 is 1.16 bits per heavy atom. The van der Waals surface area contributed by atoms with Crippen molar-refractivity contribution in [3.05, 3.63) is 70.4 Å². The van der Waals surface area contributed by atoms with E-state index >= 15 is 0 Å². The van der Waals surface area contributed by atoms with E-state index in [9.17, 15) is 26.4 Å². The fraction of sp³-hybridized carbons (Fsp3) is 0.433. The maximum atomic E-state index is 14.2. The van der Waals surface area contributed by atoms with Crippen LogP contribution < -0.4 is 20.7 Å². The maximum absolute atomic E-state index is 14.2. The van der Waals surface area contributed by atoms with Crippen LogP contribution in [-0.4, -0.2) is 74.3 Å². The van der Waals surface area contributed by atoms with Gasteiger partial charge < -0.3 is 25.4 Å². The lowest BCUT2D eigenvalue weighted by Gasteiger charge is -2.30. The van der Waals surface area contributed by atoms with E-state index in [1.54, 1.807) is 37.3 Å². The third-order valence-corrected chi connectivity index (χ3v) is 9.39. The highest BCUT2D eigenvalue weighted by atomic mass is 32.2. The molecule has 11 nitrogen and oxygen atoms in total. The Labute approximate surface area is 259 Å². The molecule has 1 amide bonds. The number of hydrogen-bond acceptors (Lipinski definition) is 9. The summed E-state index contributed by atoms with van der Waals surface area (Å²) in [7, 11) is -0.875. The molecule has 2 aliphatic rings. The molecule has 0 spiro atoms. The molecule has 0 radical (unpaired) electrons. The summed E-state index contributed by atoms with van der Waals surface area (Å²) in [5, 5.41) is 8.80. The van der Waals surface area contributed by atoms with Crippen LogP contribution in [0.1, 0.15) is 51.5 Å². The number of likely N-dealkylation sites (N-methyl/N-ethyl adjacent to an activating group) is 1. The van der Waals surface area contributed by atoms with Gasteiger partial charge in [-0.2, -0.15) is 22.5 Å². The van der Waals surface area contributed by atoms with E-state index < -0.39 is 39.7 Å². The van der Waals surface area contributed by atoms with E-state index in [-0.39, 0.29) is 30.0 Å². The number of amides is 1. The van der Waals surface area contributed by atoms with Crippen molar-refractivity contribution in [3.63, 3.8) is 0 Å². The van der Waals surface area contributed by atoms with E-state index in [2.05, 4.69) is 25.9 Å². The lowest BCUT2D eigenvalue weighted by atomic mass is 10.0. The van der Waals surface area contributed by atoms with Gasteiger partial charge in [-0.15, -0.1) is 0 Å². The Bertz CT molecular complexity index is 1680. The monoisotopic (exact) mass is 648 g/mol. The van der Waals surface area contributed by atoms with Crippen LogP contribution in [0.3, 0.4) is 0 Å². The summed E-state index contributed by atoms with van der Waals surface area (Å²) in [5.41, 5.74) is 1.66. The first kappa shape index (κ1) is 32.4. The number of anilines is 3. The SMILES string of the molecule is COc1cc(C)c(C(=O)NC2CCOCC2)cc1Nc1ncc(C(F)(F)F)c(N[C@@H]2Cc3ccccc3[C@H]2N(C)S(C)(=O)=O)n1. The Morgan fingerprint density at radius 3 is 2.53 bits per heavy atom. The van der Waals surface area contributed by atoms with Crippen molar-refractivity contribution >= 4 is 33.4 Å². The number of carbonyl (C=O) groups excluding carboxylic acids is 1. The summed E-state index contributed by atoms with van der Waals surface area (Å²) >= 11 is 0. The fourth-order valence-corrected chi connectivity index (χ4v) is 6.39. The predicted octanol–water partition coefficient (Wildman–Crippen LogP) is 4.43. The number of aryl methyl sites for hydroxylation is 1. The predicted molar refractivity (Wildman–Crippen MR) is 162 cm³/mol. The van der Waals surface area contributed by atoms with Gasteiger partial charge in [0, 0.05) is 38.1 Å². The molecule has 242 valence electrons. The van der Waals surface area contributed by atoms with Gasteiger partial charge >= 0.3 is 6.18 Å². The second-order valence-electron chi connectivity index (χ2n) is 11.2. The number of sulfonamides is 1. The number of ether oxygens (including phenoxy) is 2. The molecule has 2 aromatic carbocycles. The number of rotatable bonds is 9. The minimum absolute atomic E-state index is 0.0386. The zero-order chi connectivity index (χ0) is 32.5. The summed E-state index contributed by atoms with van der Waals surface area (Å²) in [5.74, 6) is -0.683. The summed E-state index contributed by atoms with van der Waals surface area (Å²) in [6.45, 7) is 2.86. The van der Waals surface area contributed by atoms with Crippen LogP contribution in [-0.2, 0) is 27.4 Å². The van der Waals surface area contributed by atoms with Gasteiger partial charge in [-0.3, -0.25) is 4.79 Å². The molecule has 15 heteroatoms. The van der Waals surface area contributed by atoms with Gasteiger partial charge in [-0.1, -0.05) is 24.3 Å². The molecule has 2 atom stereocenters. The van der Waals surface area contributed by atoms with Crippen LogP contribution >= 0.6 is 0 Å². The van der Waals surface area contributed by atoms with Crippen molar-refractivity contribution in [2.45, 2.75) is 50.5 Å². The standard InChI is InChI=1S/C30H35F3N6O5S/c1-17-13-25(43-3)23(15-21(17)28(40)35-19-9-11-44-12-10-19)37-29-34-16-22(30(31,32)33)27(38-29)36-24-14-18-7-5-6-8-20(18)26(24)39(2)45(4,41)42/h5-8,13,15-16,19,24,26H,9-12,14H2,1-4H3,(H,35,40)(H2,34,36,37,38)/t24-,26-/m1/s1. The van der Waals surface area contributed by atoms with Gasteiger partial charge in [0.2, 0.25) is 16.0 Å². The van der Waals surface area contributed by atoms with Gasteiger partial charge in [-0.05, 0) is 55.0 Å². The molecule has 0 bridgehead atoms. The fourth-order valence-electron chi connectivity index (χ4n) is 5.71. The molecule has 1 aliphatic carbocycles. The van der Waals surface area contributed by atoms with Crippen LogP contribution in [0.25, 0.3) is 0 Å². The topological polar surface area (TPSA) is 135 Å². The van der Waals surface area contributed by atoms with Crippen molar-refractivity contribution < 1.29 is 35.9 Å². The Kier molecular flexibility index (Phi) is 9.23. The van der Waals surface area contributed by atoms with Gasteiger partial charge in [0.1, 0.15) is 17.1 Å². The van der Waals surface area contributed by atoms with E-state index in [0.717, 1.165) is 16.1 Å². The van der Waals surface area contributed by atoms with Gasteiger partial charge in [0.05, 0.1) is 31.1 Å². The first-order chi connectivity index (χ1) is 21.3. The third kappa shape index (κ3) is 7.15. The van der Waals surface area contributed by atoms with Crippen molar-refractivity contribution in [1.29, 1.82) is 0 Å². The molecule has 1 saturated heterocycles. The molecular formula is C30H35F3N6O5S. The van der Waals surface area contributed by atoms with E-state index in [4.69, 9.17) is 9.47 Å². The number of nitrogens with zero attached hydrogens (tertiary/aromatic N) is 3. The Hall–Kier alpha value is -3.95. The van der Waals surface area contributed by atoms with Gasteiger partial charge in [-0.25, -0.2) is 13.4 Å².